The molecule has 4 bridgehead atoms. The first kappa shape index (κ1) is 35.2. The van der Waals surface area contributed by atoms with E-state index in [2.05, 4.69) is 26.0 Å². The van der Waals surface area contributed by atoms with Gasteiger partial charge in [-0.15, -0.1) is 0 Å². The maximum atomic E-state index is 14.9. The number of carbonyl (C=O) groups excluding carboxylic acids is 3. The largest absolute Gasteiger partial charge is 0.506 e. The third kappa shape index (κ3) is 5.58. The second kappa shape index (κ2) is 12.3. The molecule has 1 aromatic rings. The molecule has 3 heterocycles. The van der Waals surface area contributed by atoms with E-state index in [1.54, 1.807) is 6.08 Å². The lowest BCUT2D eigenvalue weighted by molar-refractivity contribution is -0.199. The molecule has 3 saturated carbocycles. The SMILES string of the molecule is CC(C)=CCC[C@]1(C)C=Cc2c(O)c3c(c(CC=C(C)C)c2O1)O[C@]12C(C[C@@H]4CC1C(C)(C)O[C@@]2(C/C=C/C(=O)OCC(C)C)C4=O)C3=O. The highest BCUT2D eigenvalue weighted by atomic mass is 16.6. The molecule has 0 amide bonds. The fourth-order valence-corrected chi connectivity index (χ4v) is 8.98. The predicted molar refractivity (Wildman–Crippen MR) is 188 cm³/mol. The maximum Gasteiger partial charge on any atom is 0.330 e. The van der Waals surface area contributed by atoms with Gasteiger partial charge < -0.3 is 24.1 Å². The van der Waals surface area contributed by atoms with Crippen LogP contribution in [0.2, 0.25) is 0 Å². The molecule has 1 spiro atoms. The van der Waals surface area contributed by atoms with Gasteiger partial charge in [-0.1, -0.05) is 43.2 Å². The second-order valence-corrected chi connectivity index (χ2v) is 16.4. The number of Topliss-reactive ketones (excluding diaryl/α,β-unsaturated/α-hetero) is 2. The van der Waals surface area contributed by atoms with Crippen LogP contribution < -0.4 is 9.47 Å². The van der Waals surface area contributed by atoms with Crippen LogP contribution in [0.15, 0.2) is 41.5 Å². The summed E-state index contributed by atoms with van der Waals surface area (Å²) in [5.41, 5.74) is -0.702. The monoisotopic (exact) mass is 672 g/mol. The van der Waals surface area contributed by atoms with Gasteiger partial charge in [0, 0.05) is 29.9 Å². The first-order valence-electron chi connectivity index (χ1n) is 17.8. The van der Waals surface area contributed by atoms with Crippen molar-refractivity contribution in [1.29, 1.82) is 0 Å². The van der Waals surface area contributed by atoms with E-state index in [0.29, 0.717) is 36.1 Å². The zero-order valence-electron chi connectivity index (χ0n) is 30.5. The molecule has 4 fully saturated rings. The number of benzene rings is 1. The van der Waals surface area contributed by atoms with E-state index in [-0.39, 0.29) is 53.5 Å². The lowest BCUT2D eigenvalue weighted by Gasteiger charge is -2.60. The van der Waals surface area contributed by atoms with E-state index in [0.717, 1.165) is 18.4 Å². The zero-order chi connectivity index (χ0) is 35.7. The van der Waals surface area contributed by atoms with Gasteiger partial charge in [0.15, 0.2) is 22.8 Å². The molecule has 8 heteroatoms. The van der Waals surface area contributed by atoms with Crippen LogP contribution in [0.3, 0.4) is 0 Å². The van der Waals surface area contributed by atoms with Crippen LogP contribution in [0.5, 0.6) is 17.2 Å². The Morgan fingerprint density at radius 3 is 2.43 bits per heavy atom. The smallest absolute Gasteiger partial charge is 0.330 e. The molecule has 264 valence electrons. The topological polar surface area (TPSA) is 108 Å². The predicted octanol–water partition coefficient (Wildman–Crippen LogP) is 8.04. The molecule has 6 aliphatic rings. The highest BCUT2D eigenvalue weighted by molar-refractivity contribution is 6.09. The summed E-state index contributed by atoms with van der Waals surface area (Å²) in [4.78, 5) is 42.0. The van der Waals surface area contributed by atoms with Crippen LogP contribution >= 0.6 is 0 Å². The van der Waals surface area contributed by atoms with E-state index in [9.17, 15) is 19.5 Å². The van der Waals surface area contributed by atoms with Gasteiger partial charge in [-0.05, 0) is 98.6 Å². The standard InChI is InChI=1S/C41H52O8/c1-23(2)12-10-17-39(9)19-16-27-33(43)32-34(44)29-20-26-21-30-38(7,8)49-40(37(26)45,18-11-13-31(42)46-22-25(5)6)41(29,30)48-36(32)28(35(27)47-39)15-14-24(3)4/h11-14,16,19,25-26,29-30,43H,10,15,17-18,20-22H2,1-9H3/b13-11+/t26-,29?,30?,39-,40+,41-/m1/s1. The molecular formula is C41H52O8. The minimum absolute atomic E-state index is 0.0556. The Balaban J connectivity index is 1.50. The lowest BCUT2D eigenvalue weighted by Crippen LogP contribution is -2.76. The Labute approximate surface area is 290 Å². The second-order valence-electron chi connectivity index (χ2n) is 16.4. The van der Waals surface area contributed by atoms with Gasteiger partial charge in [-0.25, -0.2) is 4.79 Å². The zero-order valence-corrected chi connectivity index (χ0v) is 30.5. The summed E-state index contributed by atoms with van der Waals surface area (Å²) in [5.74, 6) is -1.45. The summed E-state index contributed by atoms with van der Waals surface area (Å²) in [7, 11) is 0. The highest BCUT2D eigenvalue weighted by Crippen LogP contribution is 2.70. The number of phenols is 1. The van der Waals surface area contributed by atoms with Crippen molar-refractivity contribution in [3.05, 3.63) is 58.2 Å². The molecule has 8 nitrogen and oxygen atoms in total. The van der Waals surface area contributed by atoms with Gasteiger partial charge in [-0.3, -0.25) is 9.59 Å². The molecule has 2 unspecified atom stereocenters. The van der Waals surface area contributed by atoms with Crippen molar-refractivity contribution in [3.8, 4) is 17.2 Å². The van der Waals surface area contributed by atoms with Crippen molar-refractivity contribution in [1.82, 2.24) is 0 Å². The van der Waals surface area contributed by atoms with Crippen molar-refractivity contribution in [3.63, 3.8) is 0 Å². The van der Waals surface area contributed by atoms with Crippen LogP contribution in [0.4, 0.5) is 0 Å². The number of ether oxygens (including phenoxy) is 4. The van der Waals surface area contributed by atoms with Gasteiger partial charge >= 0.3 is 5.97 Å². The first-order valence-corrected chi connectivity index (χ1v) is 17.8. The van der Waals surface area contributed by atoms with Gasteiger partial charge in [0.05, 0.1) is 23.7 Å². The van der Waals surface area contributed by atoms with Gasteiger partial charge in [0.2, 0.25) is 0 Å². The fraction of sp³-hybridized carbons (Fsp3) is 0.585. The Kier molecular flexibility index (Phi) is 8.82. The number of fused-ring (bicyclic) bond motifs is 2. The molecule has 6 atom stereocenters. The Morgan fingerprint density at radius 2 is 1.76 bits per heavy atom. The number of phenolic OH excluding ortho intramolecular Hbond substituents is 1. The summed E-state index contributed by atoms with van der Waals surface area (Å²) in [6.45, 7) is 18.3. The van der Waals surface area contributed by atoms with Gasteiger partial charge in [0.1, 0.15) is 28.4 Å². The molecule has 3 aliphatic carbocycles. The number of hydrogen-bond acceptors (Lipinski definition) is 8. The minimum Gasteiger partial charge on any atom is -0.506 e. The molecule has 3 aliphatic heterocycles. The average molecular weight is 673 g/mol. The van der Waals surface area contributed by atoms with E-state index in [1.807, 2.05) is 60.6 Å². The number of carbonyl (C=O) groups is 3. The molecule has 49 heavy (non-hydrogen) atoms. The molecule has 1 saturated heterocycles. The van der Waals surface area contributed by atoms with E-state index in [1.165, 1.54) is 11.6 Å². The summed E-state index contributed by atoms with van der Waals surface area (Å²) >= 11 is 0. The third-order valence-corrected chi connectivity index (χ3v) is 11.2. The highest BCUT2D eigenvalue weighted by Gasteiger charge is 2.83. The average Bonchev–Trinajstić information content (AvgIpc) is 3.16. The Hall–Kier alpha value is -3.65. The summed E-state index contributed by atoms with van der Waals surface area (Å²) < 4.78 is 26.3. The van der Waals surface area contributed by atoms with Crippen molar-refractivity contribution < 1.29 is 38.4 Å². The van der Waals surface area contributed by atoms with Gasteiger partial charge in [0.25, 0.3) is 0 Å². The maximum absolute atomic E-state index is 14.9. The number of rotatable bonds is 10. The van der Waals surface area contributed by atoms with Crippen molar-refractivity contribution in [2.24, 2.45) is 23.7 Å². The van der Waals surface area contributed by atoms with Crippen molar-refractivity contribution in [2.75, 3.05) is 6.61 Å². The van der Waals surface area contributed by atoms with Crippen LogP contribution in [-0.4, -0.2) is 51.7 Å². The third-order valence-electron chi connectivity index (χ3n) is 11.2. The molecule has 0 radical (unpaired) electrons. The van der Waals surface area contributed by atoms with Crippen molar-refractivity contribution in [2.45, 2.75) is 123 Å². The number of esters is 1. The molecule has 0 aromatic heterocycles. The molecule has 7 rings (SSSR count). The quantitative estimate of drug-likeness (QED) is 0.151. The van der Waals surface area contributed by atoms with Crippen LogP contribution in [0.25, 0.3) is 6.08 Å². The summed E-state index contributed by atoms with van der Waals surface area (Å²) in [6, 6.07) is 0. The molecular weight excluding hydrogens is 620 g/mol. The fourth-order valence-electron chi connectivity index (χ4n) is 8.98. The number of hydrogen-bond donors (Lipinski definition) is 1. The lowest BCUT2D eigenvalue weighted by atomic mass is 9.46. The van der Waals surface area contributed by atoms with Crippen LogP contribution in [0, 0.1) is 23.7 Å². The van der Waals surface area contributed by atoms with Gasteiger partial charge in [-0.2, -0.15) is 0 Å². The normalized spacial score (nSPS) is 31.5. The summed E-state index contributed by atoms with van der Waals surface area (Å²) in [5, 5.41) is 11.9. The van der Waals surface area contributed by atoms with E-state index >= 15 is 0 Å². The minimum atomic E-state index is -1.51. The number of ketones is 2. The van der Waals surface area contributed by atoms with Crippen LogP contribution in [0.1, 0.15) is 116 Å². The molecule has 1 aromatic carbocycles. The first-order chi connectivity index (χ1) is 23.0. The van der Waals surface area contributed by atoms with E-state index < -0.39 is 40.2 Å². The molecule has 1 N–H and O–H groups in total. The number of aromatic hydroxyl groups is 1. The van der Waals surface area contributed by atoms with Crippen molar-refractivity contribution >= 4 is 23.6 Å². The Morgan fingerprint density at radius 1 is 1.04 bits per heavy atom. The Bertz CT molecular complexity index is 1700. The van der Waals surface area contributed by atoms with Crippen LogP contribution in [-0.2, 0) is 25.5 Å². The summed E-state index contributed by atoms with van der Waals surface area (Å²) in [6.07, 6.45) is 13.9. The van der Waals surface area contributed by atoms with E-state index in [4.69, 9.17) is 18.9 Å². The number of allylic oxidation sites excluding steroid dienone is 4.